The third-order valence-electron chi connectivity index (χ3n) is 2.41. The number of carbonyl (C=O) groups is 1. The van der Waals surface area contributed by atoms with Crippen LogP contribution in [0.5, 0.6) is 0 Å². The van der Waals surface area contributed by atoms with Crippen molar-refractivity contribution >= 4 is 29.0 Å². The Morgan fingerprint density at radius 2 is 1.68 bits per heavy atom. The second-order valence-corrected chi connectivity index (χ2v) is 4.13. The number of carboxylic acid groups (broad SMARTS) is 1. The zero-order valence-corrected chi connectivity index (χ0v) is 10.6. The predicted molar refractivity (Wildman–Crippen MR) is 75.7 cm³/mol. The van der Waals surface area contributed by atoms with E-state index in [1.807, 2.05) is 6.07 Å². The highest BCUT2D eigenvalue weighted by molar-refractivity contribution is 6.42. The molecule has 0 radical (unpaired) electrons. The summed E-state index contributed by atoms with van der Waals surface area (Å²) < 4.78 is 0. The van der Waals surface area contributed by atoms with E-state index in [9.17, 15) is 9.90 Å². The number of nitrogens with one attached hydrogen (secondary N) is 1. The second kappa shape index (κ2) is 6.02. The molecule has 0 heterocycles. The quantitative estimate of drug-likeness (QED) is 0.665. The normalized spacial score (nSPS) is 11.1. The molecule has 0 amide bonds. The molecule has 0 aliphatic carbocycles. The number of benzene rings is 2. The molecule has 0 fully saturated rings. The molecule has 0 bridgehead atoms. The average molecular weight is 275 g/mol. The third kappa shape index (κ3) is 3.33. The van der Waals surface area contributed by atoms with Crippen LogP contribution in [0, 0.1) is 0 Å². The molecule has 2 rings (SSSR count). The van der Waals surface area contributed by atoms with Gasteiger partial charge in [-0.2, -0.15) is 5.10 Å². The Kier molecular flexibility index (Phi) is 4.15. The Bertz CT molecular complexity index is 612. The fraction of sp³-hybridized carbons (Fsp3) is 0. The zero-order chi connectivity index (χ0) is 13.7. The standard InChI is InChI=1S/C14H11ClN2O2/c15-11-8-4-5-9-12(11)16-17-13(14(18)19)10-6-2-1-3-7-10/h1-9,16H,(H,18,19)/b17-13-. The van der Waals surface area contributed by atoms with Crippen molar-refractivity contribution in [1.29, 1.82) is 0 Å². The number of carboxylic acids is 1. The van der Waals surface area contributed by atoms with Gasteiger partial charge in [0.1, 0.15) is 0 Å². The first kappa shape index (κ1) is 13.1. The number of halogens is 1. The molecule has 2 aromatic carbocycles. The van der Waals surface area contributed by atoms with E-state index in [0.29, 0.717) is 16.3 Å². The maximum atomic E-state index is 11.2. The lowest BCUT2D eigenvalue weighted by atomic mass is 10.1. The summed E-state index contributed by atoms with van der Waals surface area (Å²) in [4.78, 5) is 11.2. The molecule has 0 saturated carbocycles. The van der Waals surface area contributed by atoms with E-state index >= 15 is 0 Å². The summed E-state index contributed by atoms with van der Waals surface area (Å²) in [6, 6.07) is 15.7. The molecule has 0 aromatic heterocycles. The van der Waals surface area contributed by atoms with Crippen LogP contribution in [0.15, 0.2) is 59.7 Å². The highest BCUT2D eigenvalue weighted by Gasteiger charge is 2.12. The molecular weight excluding hydrogens is 264 g/mol. The Hall–Kier alpha value is -2.33. The third-order valence-corrected chi connectivity index (χ3v) is 2.74. The van der Waals surface area contributed by atoms with Gasteiger partial charge in [0.25, 0.3) is 0 Å². The lowest BCUT2D eigenvalue weighted by Crippen LogP contribution is -2.16. The molecular formula is C14H11ClN2O2. The summed E-state index contributed by atoms with van der Waals surface area (Å²) in [5.41, 5.74) is 3.68. The van der Waals surface area contributed by atoms with Crippen LogP contribution in [0.25, 0.3) is 0 Å². The highest BCUT2D eigenvalue weighted by Crippen LogP contribution is 2.20. The lowest BCUT2D eigenvalue weighted by Gasteiger charge is -2.05. The van der Waals surface area contributed by atoms with Gasteiger partial charge in [0.15, 0.2) is 5.71 Å². The predicted octanol–water partition coefficient (Wildman–Crippen LogP) is 3.24. The highest BCUT2D eigenvalue weighted by atomic mass is 35.5. The fourth-order valence-corrected chi connectivity index (χ4v) is 1.68. The Balaban J connectivity index is 2.29. The molecule has 2 N–H and O–H groups in total. The number of nitrogens with zero attached hydrogens (tertiary/aromatic N) is 1. The molecule has 0 aliphatic rings. The fourth-order valence-electron chi connectivity index (χ4n) is 1.50. The minimum absolute atomic E-state index is 0.0690. The molecule has 0 spiro atoms. The van der Waals surface area contributed by atoms with E-state index in [1.165, 1.54) is 0 Å². The maximum Gasteiger partial charge on any atom is 0.356 e. The first-order valence-corrected chi connectivity index (χ1v) is 5.93. The molecule has 96 valence electrons. The first-order chi connectivity index (χ1) is 9.18. The lowest BCUT2D eigenvalue weighted by molar-refractivity contribution is -0.129. The van der Waals surface area contributed by atoms with Crippen LogP contribution in [0.2, 0.25) is 5.02 Å². The number of aliphatic carboxylic acids is 1. The van der Waals surface area contributed by atoms with Crippen molar-refractivity contribution in [3.05, 3.63) is 65.2 Å². The van der Waals surface area contributed by atoms with Crippen molar-refractivity contribution in [2.75, 3.05) is 5.43 Å². The monoisotopic (exact) mass is 274 g/mol. The number of hydrazone groups is 1. The molecule has 0 unspecified atom stereocenters. The minimum Gasteiger partial charge on any atom is -0.476 e. The van der Waals surface area contributed by atoms with Crippen LogP contribution < -0.4 is 5.43 Å². The SMILES string of the molecule is O=C(O)/C(=N\Nc1ccccc1Cl)c1ccccc1. The van der Waals surface area contributed by atoms with E-state index < -0.39 is 5.97 Å². The number of anilines is 1. The Labute approximate surface area is 115 Å². The van der Waals surface area contributed by atoms with Crippen molar-refractivity contribution < 1.29 is 9.90 Å². The van der Waals surface area contributed by atoms with Crippen molar-refractivity contribution in [1.82, 2.24) is 0 Å². The van der Waals surface area contributed by atoms with Crippen molar-refractivity contribution in [3.8, 4) is 0 Å². The molecule has 4 nitrogen and oxygen atoms in total. The van der Waals surface area contributed by atoms with Gasteiger partial charge in [-0.25, -0.2) is 4.79 Å². The zero-order valence-electron chi connectivity index (χ0n) is 9.88. The summed E-state index contributed by atoms with van der Waals surface area (Å²) in [7, 11) is 0. The van der Waals surface area contributed by atoms with E-state index in [1.54, 1.807) is 48.5 Å². The van der Waals surface area contributed by atoms with Crippen molar-refractivity contribution in [2.24, 2.45) is 5.10 Å². The number of hydrogen-bond donors (Lipinski definition) is 2. The summed E-state index contributed by atoms with van der Waals surface area (Å²) in [6.45, 7) is 0. The average Bonchev–Trinajstić information content (AvgIpc) is 2.42. The number of hydrogen-bond acceptors (Lipinski definition) is 3. The number of rotatable bonds is 4. The molecule has 2 aromatic rings. The molecule has 0 saturated heterocycles. The van der Waals surface area contributed by atoms with Gasteiger partial charge in [0.05, 0.1) is 10.7 Å². The van der Waals surface area contributed by atoms with Crippen LogP contribution in [0.4, 0.5) is 5.69 Å². The van der Waals surface area contributed by atoms with Crippen LogP contribution in [-0.2, 0) is 4.79 Å². The number of para-hydroxylation sites is 1. The topological polar surface area (TPSA) is 61.7 Å². The molecule has 19 heavy (non-hydrogen) atoms. The van der Waals surface area contributed by atoms with Crippen LogP contribution >= 0.6 is 11.6 Å². The summed E-state index contributed by atoms with van der Waals surface area (Å²) in [5, 5.41) is 13.6. The van der Waals surface area contributed by atoms with Gasteiger partial charge < -0.3 is 5.11 Å². The van der Waals surface area contributed by atoms with Gasteiger partial charge in [0, 0.05) is 5.56 Å². The van der Waals surface area contributed by atoms with Gasteiger partial charge in [-0.05, 0) is 12.1 Å². The Morgan fingerprint density at radius 1 is 1.05 bits per heavy atom. The van der Waals surface area contributed by atoms with Crippen molar-refractivity contribution in [2.45, 2.75) is 0 Å². The largest absolute Gasteiger partial charge is 0.476 e. The minimum atomic E-state index is -1.11. The maximum absolute atomic E-state index is 11.2. The van der Waals surface area contributed by atoms with Gasteiger partial charge in [-0.15, -0.1) is 0 Å². The van der Waals surface area contributed by atoms with E-state index in [-0.39, 0.29) is 5.71 Å². The van der Waals surface area contributed by atoms with E-state index in [4.69, 9.17) is 11.6 Å². The van der Waals surface area contributed by atoms with Crippen LogP contribution in [0.3, 0.4) is 0 Å². The molecule has 0 aliphatic heterocycles. The first-order valence-electron chi connectivity index (χ1n) is 5.55. The van der Waals surface area contributed by atoms with Gasteiger partial charge in [0.2, 0.25) is 0 Å². The molecule has 5 heteroatoms. The van der Waals surface area contributed by atoms with E-state index in [2.05, 4.69) is 10.5 Å². The van der Waals surface area contributed by atoms with Crippen LogP contribution in [0.1, 0.15) is 5.56 Å². The summed E-state index contributed by atoms with van der Waals surface area (Å²) in [5.74, 6) is -1.11. The second-order valence-electron chi connectivity index (χ2n) is 3.72. The smallest absolute Gasteiger partial charge is 0.356 e. The van der Waals surface area contributed by atoms with E-state index in [0.717, 1.165) is 0 Å². The van der Waals surface area contributed by atoms with Gasteiger partial charge >= 0.3 is 5.97 Å². The Morgan fingerprint density at radius 3 is 2.32 bits per heavy atom. The van der Waals surface area contributed by atoms with Crippen LogP contribution in [-0.4, -0.2) is 16.8 Å². The summed E-state index contributed by atoms with van der Waals surface area (Å²) in [6.07, 6.45) is 0. The molecule has 0 atom stereocenters. The van der Waals surface area contributed by atoms with Crippen molar-refractivity contribution in [3.63, 3.8) is 0 Å². The van der Waals surface area contributed by atoms with Gasteiger partial charge in [-0.3, -0.25) is 5.43 Å². The summed E-state index contributed by atoms with van der Waals surface area (Å²) >= 11 is 5.95. The van der Waals surface area contributed by atoms with Gasteiger partial charge in [-0.1, -0.05) is 54.1 Å².